The molecule has 1 heterocycles. The van der Waals surface area contributed by atoms with Crippen molar-refractivity contribution < 1.29 is 29.4 Å². The third-order valence-electron chi connectivity index (χ3n) is 6.26. The first-order chi connectivity index (χ1) is 16.2. The summed E-state index contributed by atoms with van der Waals surface area (Å²) in [5, 5.41) is 26.4. The zero-order chi connectivity index (χ0) is 24.7. The van der Waals surface area contributed by atoms with Crippen LogP contribution in [0.5, 0.6) is 5.75 Å². The first-order valence-electron chi connectivity index (χ1n) is 11.8. The molecule has 1 saturated carbocycles. The third kappa shape index (κ3) is 7.04. The highest BCUT2D eigenvalue weighted by molar-refractivity contribution is 5.94. The Bertz CT molecular complexity index is 894. The summed E-state index contributed by atoms with van der Waals surface area (Å²) in [6, 6.07) is 3.47. The average Bonchev–Trinajstić information content (AvgIpc) is 2.77. The number of carbonyl (C=O) groups excluding carboxylic acids is 2. The lowest BCUT2D eigenvalue weighted by molar-refractivity contribution is -0.770. The molecule has 1 unspecified atom stereocenters. The van der Waals surface area contributed by atoms with Crippen LogP contribution >= 0.6 is 0 Å². The summed E-state index contributed by atoms with van der Waals surface area (Å²) in [7, 11) is 0. The number of nitrogens with one attached hydrogen (secondary N) is 2. The molecule has 11 nitrogen and oxygen atoms in total. The van der Waals surface area contributed by atoms with Crippen LogP contribution in [0.2, 0.25) is 0 Å². The molecule has 3 N–H and O–H groups in total. The Hall–Kier alpha value is -2.92. The average molecular weight is 479 g/mol. The topological polar surface area (TPSA) is 143 Å². The Balaban J connectivity index is 1.46. The molecule has 1 aliphatic carbocycles. The zero-order valence-corrected chi connectivity index (χ0v) is 19.7. The smallest absolute Gasteiger partial charge is 0.294 e. The minimum Gasteiger partial charge on any atom is -0.490 e. The molecular formula is C23H34N4O7. The molecule has 1 aliphatic heterocycles. The first kappa shape index (κ1) is 25.7. The van der Waals surface area contributed by atoms with E-state index in [2.05, 4.69) is 10.6 Å². The highest BCUT2D eigenvalue weighted by atomic mass is 17.0. The van der Waals surface area contributed by atoms with E-state index in [-0.39, 0.29) is 31.0 Å². The molecule has 11 heteroatoms. The molecule has 34 heavy (non-hydrogen) atoms. The van der Waals surface area contributed by atoms with E-state index in [9.17, 15) is 24.8 Å². The van der Waals surface area contributed by atoms with Crippen LogP contribution < -0.4 is 15.4 Å². The van der Waals surface area contributed by atoms with Crippen molar-refractivity contribution in [1.82, 2.24) is 10.2 Å². The number of anilines is 1. The number of aryl methyl sites for hydroxylation is 1. The maximum Gasteiger partial charge on any atom is 0.294 e. The van der Waals surface area contributed by atoms with Crippen LogP contribution in [0.3, 0.4) is 0 Å². The second-order valence-electron chi connectivity index (χ2n) is 8.94. The molecule has 1 aromatic rings. The van der Waals surface area contributed by atoms with Crippen LogP contribution in [0, 0.1) is 17.0 Å². The number of aliphatic hydroxyl groups excluding tert-OH is 1. The quantitative estimate of drug-likeness (QED) is 0.247. The Morgan fingerprint density at radius 2 is 2.12 bits per heavy atom. The van der Waals surface area contributed by atoms with Gasteiger partial charge in [0.2, 0.25) is 11.8 Å². The summed E-state index contributed by atoms with van der Waals surface area (Å²) < 4.78 is 5.86. The van der Waals surface area contributed by atoms with Crippen LogP contribution in [-0.2, 0) is 20.8 Å². The number of aliphatic hydroxyl groups is 1. The van der Waals surface area contributed by atoms with E-state index in [1.54, 1.807) is 4.90 Å². The van der Waals surface area contributed by atoms with Crippen molar-refractivity contribution in [1.29, 1.82) is 0 Å². The van der Waals surface area contributed by atoms with Gasteiger partial charge in [0, 0.05) is 44.2 Å². The molecule has 0 aromatic heterocycles. The summed E-state index contributed by atoms with van der Waals surface area (Å²) in [4.78, 5) is 41.1. The van der Waals surface area contributed by atoms with Crippen LogP contribution in [0.25, 0.3) is 0 Å². The lowest BCUT2D eigenvalue weighted by atomic mass is 9.91. The van der Waals surface area contributed by atoms with Gasteiger partial charge in [0.15, 0.2) is 0 Å². The molecule has 2 amide bonds. The second-order valence-corrected chi connectivity index (χ2v) is 8.94. The molecule has 0 spiro atoms. The number of nitrogens with zero attached hydrogens (tertiary/aromatic N) is 2. The first-order valence-corrected chi connectivity index (χ1v) is 11.8. The highest BCUT2D eigenvalue weighted by Gasteiger charge is 2.34. The number of fused-ring (bicyclic) bond motifs is 1. The normalized spacial score (nSPS) is 20.6. The number of ether oxygens (including phenoxy) is 1. The Morgan fingerprint density at radius 1 is 1.35 bits per heavy atom. The summed E-state index contributed by atoms with van der Waals surface area (Å²) in [6.45, 7) is 4.48. The minimum atomic E-state index is -0.783. The molecule has 188 valence electrons. The Kier molecular flexibility index (Phi) is 9.05. The molecule has 0 saturated heterocycles. The van der Waals surface area contributed by atoms with Gasteiger partial charge in [-0.15, -0.1) is 10.1 Å². The van der Waals surface area contributed by atoms with E-state index >= 15 is 0 Å². The summed E-state index contributed by atoms with van der Waals surface area (Å²) in [5.41, 5.74) is 2.64. The van der Waals surface area contributed by atoms with Crippen molar-refractivity contribution in [2.24, 2.45) is 0 Å². The van der Waals surface area contributed by atoms with Crippen molar-refractivity contribution in [2.45, 2.75) is 70.6 Å². The van der Waals surface area contributed by atoms with Gasteiger partial charge in [0.05, 0.1) is 6.04 Å². The SMILES string of the molecule is CC(=O)N(CCNCC(O)COc1cc(C)cc2c1CCC(=O)N2)[C@@H]1CCCC[C@H]1O[N+](=O)[O-]. The van der Waals surface area contributed by atoms with Gasteiger partial charge in [-0.3, -0.25) is 9.59 Å². The lowest BCUT2D eigenvalue weighted by Crippen LogP contribution is -2.51. The van der Waals surface area contributed by atoms with Crippen LogP contribution in [0.15, 0.2) is 12.1 Å². The van der Waals surface area contributed by atoms with Crippen LogP contribution in [-0.4, -0.2) is 71.4 Å². The minimum absolute atomic E-state index is 0.0163. The van der Waals surface area contributed by atoms with E-state index in [4.69, 9.17) is 9.57 Å². The fourth-order valence-electron chi connectivity index (χ4n) is 4.67. The molecule has 0 radical (unpaired) electrons. The Morgan fingerprint density at radius 3 is 2.85 bits per heavy atom. The molecule has 1 aromatic carbocycles. The monoisotopic (exact) mass is 478 g/mol. The van der Waals surface area contributed by atoms with Gasteiger partial charge >= 0.3 is 0 Å². The largest absolute Gasteiger partial charge is 0.490 e. The van der Waals surface area contributed by atoms with E-state index < -0.39 is 17.3 Å². The van der Waals surface area contributed by atoms with Crippen LogP contribution in [0.1, 0.15) is 50.2 Å². The molecule has 3 rings (SSSR count). The number of carbonyl (C=O) groups is 2. The number of hydrogen-bond acceptors (Lipinski definition) is 8. The van der Waals surface area contributed by atoms with E-state index in [1.807, 2.05) is 19.1 Å². The predicted octanol–water partition coefficient (Wildman–Crippen LogP) is 1.58. The fourth-order valence-corrected chi connectivity index (χ4v) is 4.67. The van der Waals surface area contributed by atoms with Gasteiger partial charge in [0.25, 0.3) is 5.09 Å². The third-order valence-corrected chi connectivity index (χ3v) is 6.26. The van der Waals surface area contributed by atoms with E-state index in [1.165, 1.54) is 6.92 Å². The molecular weight excluding hydrogens is 444 g/mol. The zero-order valence-electron chi connectivity index (χ0n) is 19.7. The highest BCUT2D eigenvalue weighted by Crippen LogP contribution is 2.33. The lowest BCUT2D eigenvalue weighted by Gasteiger charge is -2.38. The summed E-state index contributed by atoms with van der Waals surface area (Å²) >= 11 is 0. The number of benzene rings is 1. The van der Waals surface area contributed by atoms with Crippen molar-refractivity contribution in [3.8, 4) is 5.75 Å². The molecule has 0 bridgehead atoms. The van der Waals surface area contributed by atoms with Crippen molar-refractivity contribution in [3.63, 3.8) is 0 Å². The van der Waals surface area contributed by atoms with Gasteiger partial charge in [-0.25, -0.2) is 0 Å². The van der Waals surface area contributed by atoms with Gasteiger partial charge in [0.1, 0.15) is 24.6 Å². The van der Waals surface area contributed by atoms with Gasteiger partial charge in [-0.2, -0.15) is 0 Å². The maximum atomic E-state index is 12.2. The van der Waals surface area contributed by atoms with Crippen molar-refractivity contribution in [3.05, 3.63) is 33.4 Å². The molecule has 1 fully saturated rings. The molecule has 3 atom stereocenters. The van der Waals surface area contributed by atoms with Gasteiger partial charge in [-0.05, 0) is 43.9 Å². The Labute approximate surface area is 198 Å². The predicted molar refractivity (Wildman–Crippen MR) is 124 cm³/mol. The van der Waals surface area contributed by atoms with Crippen molar-refractivity contribution >= 4 is 17.5 Å². The standard InChI is InChI=1S/C23H34N4O7/c1-15-11-19-18(7-8-23(30)25-19)22(12-15)33-14-17(29)13-24-9-10-26(16(2)28)20-5-3-4-6-21(20)34-27(31)32/h11-12,17,20-21,24,29H,3-10,13-14H2,1-2H3,(H,25,30)/t17?,20-,21-/m1/s1. The fraction of sp³-hybridized carbons (Fsp3) is 0.652. The maximum absolute atomic E-state index is 12.2. The van der Waals surface area contributed by atoms with Gasteiger partial charge in [-0.1, -0.05) is 12.8 Å². The number of amides is 2. The summed E-state index contributed by atoms with van der Waals surface area (Å²) in [5.74, 6) is 0.481. The second kappa shape index (κ2) is 12.0. The van der Waals surface area contributed by atoms with E-state index in [0.717, 1.165) is 29.7 Å². The van der Waals surface area contributed by atoms with Crippen molar-refractivity contribution in [2.75, 3.05) is 31.6 Å². The van der Waals surface area contributed by atoms with Crippen LogP contribution in [0.4, 0.5) is 5.69 Å². The summed E-state index contributed by atoms with van der Waals surface area (Å²) in [6.07, 6.45) is 2.54. The van der Waals surface area contributed by atoms with Gasteiger partial charge < -0.3 is 30.2 Å². The molecule has 2 aliphatic rings. The number of rotatable bonds is 11. The number of hydrogen-bond donors (Lipinski definition) is 3. The van der Waals surface area contributed by atoms with E-state index in [0.29, 0.717) is 44.5 Å².